The van der Waals surface area contributed by atoms with Crippen LogP contribution in [0, 0.1) is 5.92 Å². The summed E-state index contributed by atoms with van der Waals surface area (Å²) >= 11 is 6.19. The second kappa shape index (κ2) is 9.80. The largest absolute Gasteiger partial charge is 0.366 e. The van der Waals surface area contributed by atoms with Crippen LogP contribution in [0.15, 0.2) is 47.4 Å². The molecule has 1 atom stereocenters. The maximum atomic E-state index is 13.1. The summed E-state index contributed by atoms with van der Waals surface area (Å²) in [6.45, 7) is 3.23. The Morgan fingerprint density at radius 2 is 1.97 bits per heavy atom. The molecule has 2 amide bonds. The normalized spacial score (nSPS) is 17.3. The van der Waals surface area contributed by atoms with Gasteiger partial charge in [-0.05, 0) is 61.1 Å². The number of halogens is 1. The van der Waals surface area contributed by atoms with Gasteiger partial charge in [-0.3, -0.25) is 9.59 Å². The van der Waals surface area contributed by atoms with Gasteiger partial charge in [0.1, 0.15) is 4.90 Å². The molecule has 0 spiro atoms. The Morgan fingerprint density at radius 1 is 1.19 bits per heavy atom. The predicted octanol–water partition coefficient (Wildman–Crippen LogP) is 2.83. The molecular formula is C22H26ClN3O4S. The minimum atomic E-state index is -3.78. The van der Waals surface area contributed by atoms with E-state index in [-0.39, 0.29) is 21.4 Å². The number of hydrogen-bond acceptors (Lipinski definition) is 4. The van der Waals surface area contributed by atoms with Crippen molar-refractivity contribution >= 4 is 33.4 Å². The van der Waals surface area contributed by atoms with Crippen LogP contribution >= 0.6 is 11.6 Å². The number of nitrogens with one attached hydrogen (secondary N) is 1. The number of amides is 2. The van der Waals surface area contributed by atoms with Crippen molar-refractivity contribution in [1.82, 2.24) is 9.62 Å². The van der Waals surface area contributed by atoms with Crippen molar-refractivity contribution < 1.29 is 18.0 Å². The van der Waals surface area contributed by atoms with E-state index < -0.39 is 21.8 Å². The van der Waals surface area contributed by atoms with Gasteiger partial charge in [-0.1, -0.05) is 30.7 Å². The number of primary amides is 1. The molecule has 0 saturated carbocycles. The molecule has 3 N–H and O–H groups in total. The summed E-state index contributed by atoms with van der Waals surface area (Å²) in [5, 5.41) is 2.87. The first kappa shape index (κ1) is 23.2. The van der Waals surface area contributed by atoms with Crippen LogP contribution in [0.1, 0.15) is 46.0 Å². The Bertz CT molecular complexity index is 1090. The van der Waals surface area contributed by atoms with E-state index in [0.717, 1.165) is 18.4 Å². The Kier molecular flexibility index (Phi) is 7.35. The van der Waals surface area contributed by atoms with Crippen LogP contribution in [0.2, 0.25) is 5.02 Å². The first-order chi connectivity index (χ1) is 14.7. The van der Waals surface area contributed by atoms with Crippen LogP contribution in [0.5, 0.6) is 0 Å². The molecule has 0 aromatic heterocycles. The molecule has 1 fully saturated rings. The first-order valence-electron chi connectivity index (χ1n) is 10.1. The fraction of sp³-hybridized carbons (Fsp3) is 0.364. The van der Waals surface area contributed by atoms with Crippen molar-refractivity contribution in [2.45, 2.75) is 31.1 Å². The third-order valence-corrected chi connectivity index (χ3v) is 7.69. The van der Waals surface area contributed by atoms with Gasteiger partial charge >= 0.3 is 0 Å². The van der Waals surface area contributed by atoms with Crippen molar-refractivity contribution in [3.05, 3.63) is 64.2 Å². The SMILES string of the molecule is CC1CCCN(S(=O)(=O)c2cc(C(=O)NCCc3cccc(C(N)=O)c3)ccc2Cl)C1. The predicted molar refractivity (Wildman–Crippen MR) is 120 cm³/mol. The van der Waals surface area contributed by atoms with E-state index in [2.05, 4.69) is 5.32 Å². The lowest BCUT2D eigenvalue weighted by Gasteiger charge is -2.30. The molecule has 166 valence electrons. The number of hydrogen-bond donors (Lipinski definition) is 2. The molecule has 3 rings (SSSR count). The zero-order chi connectivity index (χ0) is 22.6. The average Bonchev–Trinajstić information content (AvgIpc) is 2.74. The summed E-state index contributed by atoms with van der Waals surface area (Å²) in [6, 6.07) is 11.2. The van der Waals surface area contributed by atoms with E-state index >= 15 is 0 Å². The number of piperidine rings is 1. The molecule has 7 nitrogen and oxygen atoms in total. The zero-order valence-corrected chi connectivity index (χ0v) is 18.9. The van der Waals surface area contributed by atoms with Crippen molar-refractivity contribution in [2.75, 3.05) is 19.6 Å². The molecule has 1 aliphatic rings. The Hall–Kier alpha value is -2.42. The molecule has 31 heavy (non-hydrogen) atoms. The monoisotopic (exact) mass is 463 g/mol. The molecule has 9 heteroatoms. The summed E-state index contributed by atoms with van der Waals surface area (Å²) in [7, 11) is -3.78. The van der Waals surface area contributed by atoms with Crippen molar-refractivity contribution in [3.63, 3.8) is 0 Å². The standard InChI is InChI=1S/C22H26ClN3O4S/c1-15-4-3-11-26(14-15)31(29,30)20-13-18(7-8-19(20)23)22(28)25-10-9-16-5-2-6-17(12-16)21(24)27/h2,5-8,12-13,15H,3-4,9-11,14H2,1H3,(H2,24,27)(H,25,28). The van der Waals surface area contributed by atoms with Crippen LogP contribution in [-0.4, -0.2) is 44.2 Å². The minimum Gasteiger partial charge on any atom is -0.366 e. The fourth-order valence-corrected chi connectivity index (χ4v) is 5.75. The van der Waals surface area contributed by atoms with Gasteiger partial charge in [0.25, 0.3) is 5.91 Å². The van der Waals surface area contributed by atoms with E-state index in [4.69, 9.17) is 17.3 Å². The van der Waals surface area contributed by atoms with Crippen molar-refractivity contribution in [1.29, 1.82) is 0 Å². The lowest BCUT2D eigenvalue weighted by Crippen LogP contribution is -2.39. The third-order valence-electron chi connectivity index (χ3n) is 5.34. The first-order valence-corrected chi connectivity index (χ1v) is 12.0. The highest BCUT2D eigenvalue weighted by atomic mass is 35.5. The third kappa shape index (κ3) is 5.64. The molecule has 1 unspecified atom stereocenters. The smallest absolute Gasteiger partial charge is 0.251 e. The molecule has 1 heterocycles. The summed E-state index contributed by atoms with van der Waals surface area (Å²) in [4.78, 5) is 23.8. The molecular weight excluding hydrogens is 438 g/mol. The molecule has 2 aromatic carbocycles. The van der Waals surface area contributed by atoms with Gasteiger partial charge in [-0.2, -0.15) is 4.31 Å². The van der Waals surface area contributed by atoms with Crippen molar-refractivity contribution in [2.24, 2.45) is 11.7 Å². The maximum absolute atomic E-state index is 13.1. The summed E-state index contributed by atoms with van der Waals surface area (Å²) in [5.74, 6) is -0.628. The highest BCUT2D eigenvalue weighted by Gasteiger charge is 2.30. The van der Waals surface area contributed by atoms with E-state index in [1.54, 1.807) is 18.2 Å². The fourth-order valence-electron chi connectivity index (χ4n) is 3.65. The molecule has 1 aliphatic heterocycles. The van der Waals surface area contributed by atoms with Crippen molar-refractivity contribution in [3.8, 4) is 0 Å². The topological polar surface area (TPSA) is 110 Å². The van der Waals surface area contributed by atoms with E-state index in [0.29, 0.717) is 31.6 Å². The number of benzene rings is 2. The molecule has 1 saturated heterocycles. The number of sulfonamides is 1. The molecule has 2 aromatic rings. The van der Waals surface area contributed by atoms with Crippen LogP contribution < -0.4 is 11.1 Å². The van der Waals surface area contributed by atoms with E-state index in [9.17, 15) is 18.0 Å². The van der Waals surface area contributed by atoms with Crippen LogP contribution in [0.25, 0.3) is 0 Å². The number of rotatable bonds is 7. The quantitative estimate of drug-likeness (QED) is 0.657. The van der Waals surface area contributed by atoms with E-state index in [1.165, 1.54) is 22.5 Å². The maximum Gasteiger partial charge on any atom is 0.251 e. The average molecular weight is 464 g/mol. The highest BCUT2D eigenvalue weighted by Crippen LogP contribution is 2.29. The lowest BCUT2D eigenvalue weighted by atomic mass is 10.0. The van der Waals surface area contributed by atoms with Gasteiger partial charge in [-0.25, -0.2) is 8.42 Å². The minimum absolute atomic E-state index is 0.0509. The number of carbonyl (C=O) groups is 2. The molecule has 0 bridgehead atoms. The summed E-state index contributed by atoms with van der Waals surface area (Å²) in [6.07, 6.45) is 2.29. The summed E-state index contributed by atoms with van der Waals surface area (Å²) in [5.41, 5.74) is 6.77. The van der Waals surface area contributed by atoms with E-state index in [1.807, 2.05) is 13.0 Å². The zero-order valence-electron chi connectivity index (χ0n) is 17.3. The number of nitrogens with two attached hydrogens (primary N) is 1. The molecule has 0 radical (unpaired) electrons. The van der Waals surface area contributed by atoms with Gasteiger partial charge in [-0.15, -0.1) is 0 Å². The number of nitrogens with zero attached hydrogens (tertiary/aromatic N) is 1. The van der Waals surface area contributed by atoms with Gasteiger partial charge in [0.05, 0.1) is 5.02 Å². The Labute approximate surface area is 187 Å². The van der Waals surface area contributed by atoms with Gasteiger partial charge in [0, 0.05) is 30.8 Å². The van der Waals surface area contributed by atoms with Gasteiger partial charge < -0.3 is 11.1 Å². The van der Waals surface area contributed by atoms with Crippen LogP contribution in [0.4, 0.5) is 0 Å². The Balaban J connectivity index is 1.70. The van der Waals surface area contributed by atoms with Crippen LogP contribution in [0.3, 0.4) is 0 Å². The van der Waals surface area contributed by atoms with Gasteiger partial charge in [0.2, 0.25) is 15.9 Å². The molecule has 0 aliphatic carbocycles. The van der Waals surface area contributed by atoms with Crippen LogP contribution in [-0.2, 0) is 16.4 Å². The second-order valence-corrected chi connectivity index (χ2v) is 10.1. The number of carbonyl (C=O) groups excluding carboxylic acids is 2. The lowest BCUT2D eigenvalue weighted by molar-refractivity contribution is 0.0952. The van der Waals surface area contributed by atoms with Gasteiger partial charge in [0.15, 0.2) is 0 Å². The summed E-state index contributed by atoms with van der Waals surface area (Å²) < 4.78 is 27.6. The highest BCUT2D eigenvalue weighted by molar-refractivity contribution is 7.89. The second-order valence-electron chi connectivity index (χ2n) is 7.83. The Morgan fingerprint density at radius 3 is 2.68 bits per heavy atom.